The monoisotopic (exact) mass is 444 g/mol. The van der Waals surface area contributed by atoms with Crippen LogP contribution in [0.25, 0.3) is 0 Å². The van der Waals surface area contributed by atoms with Crippen LogP contribution >= 0.6 is 11.8 Å². The largest absolute Gasteiger partial charge is 0.497 e. The summed E-state index contributed by atoms with van der Waals surface area (Å²) in [7, 11) is 4.72. The lowest BCUT2D eigenvalue weighted by Crippen LogP contribution is -2.34. The lowest BCUT2D eigenvalue weighted by Gasteiger charge is -2.17. The molecular formula is C22H24N2O6S. The number of methoxy groups -OCH3 is 3. The minimum Gasteiger partial charge on any atom is -0.497 e. The fourth-order valence-corrected chi connectivity index (χ4v) is 4.31. The van der Waals surface area contributed by atoms with Crippen LogP contribution in [0.5, 0.6) is 17.2 Å². The average molecular weight is 445 g/mol. The van der Waals surface area contributed by atoms with Crippen molar-refractivity contribution in [1.29, 1.82) is 0 Å². The minimum atomic E-state index is -1.02. The van der Waals surface area contributed by atoms with Gasteiger partial charge < -0.3 is 19.3 Å². The molecule has 0 aromatic heterocycles. The highest BCUT2D eigenvalue weighted by molar-refractivity contribution is 8.15. The smallest absolute Gasteiger partial charge is 0.305 e. The van der Waals surface area contributed by atoms with Crippen molar-refractivity contribution in [1.82, 2.24) is 4.90 Å². The van der Waals surface area contributed by atoms with Gasteiger partial charge in [0, 0.05) is 6.54 Å². The van der Waals surface area contributed by atoms with Crippen molar-refractivity contribution in [3.63, 3.8) is 0 Å². The van der Waals surface area contributed by atoms with Gasteiger partial charge in [0.1, 0.15) is 11.0 Å². The molecular weight excluding hydrogens is 420 g/mol. The zero-order valence-corrected chi connectivity index (χ0v) is 18.3. The van der Waals surface area contributed by atoms with Gasteiger partial charge in [-0.05, 0) is 48.4 Å². The topological polar surface area (TPSA) is 97.7 Å². The second-order valence-electron chi connectivity index (χ2n) is 6.73. The third-order valence-corrected chi connectivity index (χ3v) is 5.92. The first-order valence-corrected chi connectivity index (χ1v) is 10.5. The van der Waals surface area contributed by atoms with Gasteiger partial charge in [-0.2, -0.15) is 0 Å². The Morgan fingerprint density at radius 3 is 2.39 bits per heavy atom. The summed E-state index contributed by atoms with van der Waals surface area (Å²) in [4.78, 5) is 30.2. The summed E-state index contributed by atoms with van der Waals surface area (Å²) < 4.78 is 15.8. The first-order valence-electron chi connectivity index (χ1n) is 9.58. The fourth-order valence-electron chi connectivity index (χ4n) is 3.13. The normalized spacial score (nSPS) is 17.1. The van der Waals surface area contributed by atoms with Gasteiger partial charge in [0.05, 0.1) is 33.4 Å². The summed E-state index contributed by atoms with van der Waals surface area (Å²) in [6, 6.07) is 12.7. The molecule has 1 aliphatic rings. The van der Waals surface area contributed by atoms with Crippen molar-refractivity contribution in [3.8, 4) is 17.2 Å². The highest BCUT2D eigenvalue weighted by atomic mass is 32.2. The van der Waals surface area contributed by atoms with E-state index in [0.717, 1.165) is 5.56 Å². The number of rotatable bonds is 9. The molecule has 0 bridgehead atoms. The van der Waals surface area contributed by atoms with Crippen LogP contribution in [0.4, 0.5) is 5.69 Å². The van der Waals surface area contributed by atoms with Gasteiger partial charge in [0.25, 0.3) is 0 Å². The molecule has 1 saturated heterocycles. The summed E-state index contributed by atoms with van der Waals surface area (Å²) >= 11 is 1.18. The molecule has 2 aromatic carbocycles. The van der Waals surface area contributed by atoms with E-state index in [1.54, 1.807) is 50.5 Å². The summed E-state index contributed by atoms with van der Waals surface area (Å²) in [6.07, 6.45) is 0.298. The Morgan fingerprint density at radius 1 is 1.06 bits per heavy atom. The van der Waals surface area contributed by atoms with E-state index < -0.39 is 11.2 Å². The Hall–Kier alpha value is -3.20. The van der Waals surface area contributed by atoms with Crippen LogP contribution in [0.2, 0.25) is 0 Å². The molecule has 0 spiro atoms. The Kier molecular flexibility index (Phi) is 7.41. The molecule has 2 aromatic rings. The predicted molar refractivity (Wildman–Crippen MR) is 119 cm³/mol. The molecule has 0 aliphatic carbocycles. The SMILES string of the molecule is COc1ccc(N=C2SC(CC(=O)O)C(=O)N2CCc2ccc(OC)c(OC)c2)cc1. The minimum absolute atomic E-state index is 0.250. The number of nitrogens with zero attached hydrogens (tertiary/aromatic N) is 2. The van der Waals surface area contributed by atoms with E-state index in [0.29, 0.717) is 41.1 Å². The second-order valence-corrected chi connectivity index (χ2v) is 7.90. The van der Waals surface area contributed by atoms with Crippen LogP contribution in [0.3, 0.4) is 0 Å². The van der Waals surface area contributed by atoms with E-state index in [2.05, 4.69) is 4.99 Å². The standard InChI is InChI=1S/C22H24N2O6S/c1-28-16-7-5-15(6-8-16)23-22-24(21(27)19(31-22)13-20(25)26)11-10-14-4-9-17(29-2)18(12-14)30-3/h4-9,12,19H,10-11,13H2,1-3H3,(H,25,26). The third-order valence-electron chi connectivity index (χ3n) is 4.75. The fraction of sp³-hybridized carbons (Fsp3) is 0.318. The van der Waals surface area contributed by atoms with Gasteiger partial charge in [-0.25, -0.2) is 4.99 Å². The van der Waals surface area contributed by atoms with Crippen LogP contribution in [-0.2, 0) is 16.0 Å². The Morgan fingerprint density at radius 2 is 1.77 bits per heavy atom. The molecule has 8 nitrogen and oxygen atoms in total. The number of thioether (sulfide) groups is 1. The molecule has 1 unspecified atom stereocenters. The van der Waals surface area contributed by atoms with E-state index in [-0.39, 0.29) is 12.3 Å². The highest BCUT2D eigenvalue weighted by Gasteiger charge is 2.39. The number of ether oxygens (including phenoxy) is 3. The maximum absolute atomic E-state index is 12.9. The summed E-state index contributed by atoms with van der Waals surface area (Å²) in [5, 5.41) is 8.96. The summed E-state index contributed by atoms with van der Waals surface area (Å²) in [6.45, 7) is 0.367. The van der Waals surface area contributed by atoms with Crippen LogP contribution in [0.1, 0.15) is 12.0 Å². The number of aliphatic carboxylic acids is 1. The molecule has 1 atom stereocenters. The Bertz CT molecular complexity index is 976. The molecule has 3 rings (SSSR count). The van der Waals surface area contributed by atoms with Gasteiger partial charge in [-0.3, -0.25) is 14.5 Å². The molecule has 1 amide bonds. The number of aliphatic imine (C=N–C) groups is 1. The number of carbonyl (C=O) groups excluding carboxylic acids is 1. The number of hydrogen-bond donors (Lipinski definition) is 1. The molecule has 31 heavy (non-hydrogen) atoms. The Labute approximate surface area is 184 Å². The lowest BCUT2D eigenvalue weighted by atomic mass is 10.1. The second kappa shape index (κ2) is 10.2. The number of amidine groups is 1. The summed E-state index contributed by atoms with van der Waals surface area (Å²) in [5.74, 6) is 0.671. The van der Waals surface area contributed by atoms with E-state index >= 15 is 0 Å². The van der Waals surface area contributed by atoms with Crippen molar-refractivity contribution in [2.45, 2.75) is 18.1 Å². The molecule has 1 fully saturated rings. The highest BCUT2D eigenvalue weighted by Crippen LogP contribution is 2.33. The molecule has 9 heteroatoms. The molecule has 164 valence electrons. The molecule has 1 heterocycles. The van der Waals surface area contributed by atoms with Crippen LogP contribution in [0, 0.1) is 0 Å². The Balaban J connectivity index is 1.82. The third kappa shape index (κ3) is 5.49. The number of amides is 1. The first-order chi connectivity index (χ1) is 14.9. The number of carboxylic acid groups (broad SMARTS) is 1. The summed E-state index contributed by atoms with van der Waals surface area (Å²) in [5.41, 5.74) is 1.61. The first kappa shape index (κ1) is 22.5. The van der Waals surface area contributed by atoms with Crippen LogP contribution < -0.4 is 14.2 Å². The van der Waals surface area contributed by atoms with E-state index in [9.17, 15) is 9.59 Å². The van der Waals surface area contributed by atoms with Crippen molar-refractivity contribution in [3.05, 3.63) is 48.0 Å². The molecule has 1 N–H and O–H groups in total. The number of benzene rings is 2. The predicted octanol–water partition coefficient (Wildman–Crippen LogP) is 3.36. The van der Waals surface area contributed by atoms with Crippen LogP contribution in [-0.4, -0.2) is 60.2 Å². The number of carboxylic acids is 1. The van der Waals surface area contributed by atoms with Gasteiger partial charge >= 0.3 is 5.97 Å². The molecule has 0 saturated carbocycles. The van der Waals surface area contributed by atoms with Gasteiger partial charge in [-0.1, -0.05) is 17.8 Å². The van der Waals surface area contributed by atoms with Crippen molar-refractivity contribution in [2.24, 2.45) is 4.99 Å². The van der Waals surface area contributed by atoms with E-state index in [1.165, 1.54) is 11.8 Å². The average Bonchev–Trinajstić information content (AvgIpc) is 3.05. The maximum atomic E-state index is 12.9. The lowest BCUT2D eigenvalue weighted by molar-refractivity contribution is -0.139. The quantitative estimate of drug-likeness (QED) is 0.633. The zero-order valence-electron chi connectivity index (χ0n) is 17.5. The van der Waals surface area contributed by atoms with Crippen molar-refractivity contribution >= 4 is 34.5 Å². The van der Waals surface area contributed by atoms with E-state index in [4.69, 9.17) is 19.3 Å². The van der Waals surface area contributed by atoms with Gasteiger partial charge in [0.2, 0.25) is 5.91 Å². The number of hydrogen-bond acceptors (Lipinski definition) is 7. The zero-order chi connectivity index (χ0) is 22.4. The molecule has 1 aliphatic heterocycles. The van der Waals surface area contributed by atoms with Gasteiger partial charge in [-0.15, -0.1) is 0 Å². The molecule has 0 radical (unpaired) electrons. The maximum Gasteiger partial charge on any atom is 0.305 e. The van der Waals surface area contributed by atoms with Gasteiger partial charge in [0.15, 0.2) is 16.7 Å². The van der Waals surface area contributed by atoms with Crippen molar-refractivity contribution < 1.29 is 28.9 Å². The van der Waals surface area contributed by atoms with E-state index in [1.807, 2.05) is 18.2 Å². The van der Waals surface area contributed by atoms with Crippen LogP contribution in [0.15, 0.2) is 47.5 Å². The van der Waals surface area contributed by atoms with Crippen molar-refractivity contribution in [2.75, 3.05) is 27.9 Å². The number of carbonyl (C=O) groups is 2.